The van der Waals surface area contributed by atoms with Crippen LogP contribution in [0, 0.1) is 0 Å². The van der Waals surface area contributed by atoms with E-state index in [1.165, 1.54) is 11.8 Å². The molecule has 0 heterocycles. The highest BCUT2D eigenvalue weighted by Crippen LogP contribution is 2.30. The standard InChI is InChI=1S/C16H16N2O2S/c1-17-15(19)11-7-9-12(10-8-11)21-14-6-4-3-5-13(14)16(20)18-2/h3-10H,1-2H3,(H,17,19)(H,18,20). The van der Waals surface area contributed by atoms with Gasteiger partial charge in [-0.1, -0.05) is 23.9 Å². The van der Waals surface area contributed by atoms with Crippen LogP contribution in [0.3, 0.4) is 0 Å². The van der Waals surface area contributed by atoms with Gasteiger partial charge in [0.05, 0.1) is 5.56 Å². The van der Waals surface area contributed by atoms with Gasteiger partial charge in [-0.2, -0.15) is 0 Å². The van der Waals surface area contributed by atoms with Gasteiger partial charge >= 0.3 is 0 Å². The van der Waals surface area contributed by atoms with Crippen molar-refractivity contribution in [2.24, 2.45) is 0 Å². The van der Waals surface area contributed by atoms with Crippen molar-refractivity contribution in [2.45, 2.75) is 9.79 Å². The molecule has 2 amide bonds. The summed E-state index contributed by atoms with van der Waals surface area (Å²) in [6.07, 6.45) is 0. The van der Waals surface area contributed by atoms with Crippen molar-refractivity contribution >= 4 is 23.6 Å². The zero-order valence-corrected chi connectivity index (χ0v) is 12.7. The molecule has 108 valence electrons. The van der Waals surface area contributed by atoms with E-state index < -0.39 is 0 Å². The molecule has 2 aromatic rings. The number of nitrogens with one attached hydrogen (secondary N) is 2. The molecule has 0 unspecified atom stereocenters. The predicted molar refractivity (Wildman–Crippen MR) is 83.8 cm³/mol. The summed E-state index contributed by atoms with van der Waals surface area (Å²) < 4.78 is 0. The molecule has 21 heavy (non-hydrogen) atoms. The maximum Gasteiger partial charge on any atom is 0.252 e. The Morgan fingerprint density at radius 1 is 0.857 bits per heavy atom. The number of rotatable bonds is 4. The van der Waals surface area contributed by atoms with Crippen LogP contribution >= 0.6 is 11.8 Å². The molecule has 0 aliphatic rings. The minimum atomic E-state index is -0.114. The van der Waals surface area contributed by atoms with Crippen LogP contribution in [0.2, 0.25) is 0 Å². The van der Waals surface area contributed by atoms with Crippen molar-refractivity contribution in [3.8, 4) is 0 Å². The Hall–Kier alpha value is -2.27. The highest BCUT2D eigenvalue weighted by atomic mass is 32.2. The molecular formula is C16H16N2O2S. The summed E-state index contributed by atoms with van der Waals surface area (Å²) in [6, 6.07) is 14.7. The average Bonchev–Trinajstić information content (AvgIpc) is 2.54. The Bertz CT molecular complexity index is 654. The Kier molecular flexibility index (Phi) is 5.00. The highest BCUT2D eigenvalue weighted by Gasteiger charge is 2.10. The molecule has 2 aromatic carbocycles. The minimum Gasteiger partial charge on any atom is -0.355 e. The van der Waals surface area contributed by atoms with Gasteiger partial charge in [-0.25, -0.2) is 0 Å². The first-order valence-corrected chi connectivity index (χ1v) is 7.28. The Balaban J connectivity index is 2.23. The van der Waals surface area contributed by atoms with Gasteiger partial charge in [-0.3, -0.25) is 9.59 Å². The van der Waals surface area contributed by atoms with Crippen molar-refractivity contribution in [2.75, 3.05) is 14.1 Å². The summed E-state index contributed by atoms with van der Waals surface area (Å²) in [5.74, 6) is -0.225. The second-order valence-corrected chi connectivity index (χ2v) is 5.40. The summed E-state index contributed by atoms with van der Waals surface area (Å²) in [5, 5.41) is 5.22. The lowest BCUT2D eigenvalue weighted by Gasteiger charge is -2.08. The maximum absolute atomic E-state index is 11.8. The van der Waals surface area contributed by atoms with E-state index in [-0.39, 0.29) is 11.8 Å². The first kappa shape index (κ1) is 15.1. The third-order valence-corrected chi connectivity index (χ3v) is 4.01. The first-order chi connectivity index (χ1) is 10.2. The summed E-state index contributed by atoms with van der Waals surface area (Å²) in [4.78, 5) is 25.2. The summed E-state index contributed by atoms with van der Waals surface area (Å²) in [7, 11) is 3.21. The number of carbonyl (C=O) groups is 2. The monoisotopic (exact) mass is 300 g/mol. The van der Waals surface area contributed by atoms with Crippen LogP contribution < -0.4 is 10.6 Å². The van der Waals surface area contributed by atoms with Crippen molar-refractivity contribution in [1.29, 1.82) is 0 Å². The van der Waals surface area contributed by atoms with Gasteiger partial charge in [0.1, 0.15) is 0 Å². The summed E-state index contributed by atoms with van der Waals surface area (Å²) in [5.41, 5.74) is 1.25. The highest BCUT2D eigenvalue weighted by molar-refractivity contribution is 7.99. The number of amides is 2. The molecule has 0 saturated heterocycles. The lowest BCUT2D eigenvalue weighted by molar-refractivity contribution is 0.0953. The molecule has 0 radical (unpaired) electrons. The molecular weight excluding hydrogens is 284 g/mol. The van der Waals surface area contributed by atoms with Crippen LogP contribution in [-0.2, 0) is 0 Å². The molecule has 0 bridgehead atoms. The second-order valence-electron chi connectivity index (χ2n) is 4.28. The topological polar surface area (TPSA) is 58.2 Å². The Labute approximate surface area is 127 Å². The molecule has 2 N–H and O–H groups in total. The van der Waals surface area contributed by atoms with Gasteiger partial charge in [0, 0.05) is 29.4 Å². The molecule has 4 nitrogen and oxygen atoms in total. The lowest BCUT2D eigenvalue weighted by atomic mass is 10.2. The lowest BCUT2D eigenvalue weighted by Crippen LogP contribution is -2.18. The van der Waals surface area contributed by atoms with Gasteiger partial charge in [0.15, 0.2) is 0 Å². The van der Waals surface area contributed by atoms with E-state index in [1.54, 1.807) is 32.3 Å². The normalized spacial score (nSPS) is 10.0. The van der Waals surface area contributed by atoms with E-state index >= 15 is 0 Å². The van der Waals surface area contributed by atoms with Crippen LogP contribution in [-0.4, -0.2) is 25.9 Å². The van der Waals surface area contributed by atoms with E-state index in [4.69, 9.17) is 0 Å². The second kappa shape index (κ2) is 6.95. The van der Waals surface area contributed by atoms with Gasteiger partial charge in [0.2, 0.25) is 0 Å². The summed E-state index contributed by atoms with van der Waals surface area (Å²) in [6.45, 7) is 0. The molecule has 0 atom stereocenters. The average molecular weight is 300 g/mol. The van der Waals surface area contributed by atoms with Crippen molar-refractivity contribution in [1.82, 2.24) is 10.6 Å². The van der Waals surface area contributed by atoms with E-state index in [0.29, 0.717) is 11.1 Å². The van der Waals surface area contributed by atoms with Gasteiger partial charge in [-0.05, 0) is 36.4 Å². The quantitative estimate of drug-likeness (QED) is 0.912. The van der Waals surface area contributed by atoms with Gasteiger partial charge in [0.25, 0.3) is 11.8 Å². The smallest absolute Gasteiger partial charge is 0.252 e. The fourth-order valence-corrected chi connectivity index (χ4v) is 2.77. The van der Waals surface area contributed by atoms with Crippen LogP contribution in [0.25, 0.3) is 0 Å². The fraction of sp³-hybridized carbons (Fsp3) is 0.125. The van der Waals surface area contributed by atoms with Crippen LogP contribution in [0.4, 0.5) is 0 Å². The van der Waals surface area contributed by atoms with Crippen LogP contribution in [0.1, 0.15) is 20.7 Å². The van der Waals surface area contributed by atoms with Crippen molar-refractivity contribution < 1.29 is 9.59 Å². The third-order valence-electron chi connectivity index (χ3n) is 2.93. The predicted octanol–water partition coefficient (Wildman–Crippen LogP) is 2.56. The van der Waals surface area contributed by atoms with Crippen LogP contribution in [0.15, 0.2) is 58.3 Å². The van der Waals surface area contributed by atoms with Crippen molar-refractivity contribution in [3.63, 3.8) is 0 Å². The largest absolute Gasteiger partial charge is 0.355 e. The van der Waals surface area contributed by atoms with Crippen molar-refractivity contribution in [3.05, 3.63) is 59.7 Å². The maximum atomic E-state index is 11.8. The molecule has 0 spiro atoms. The zero-order chi connectivity index (χ0) is 15.2. The molecule has 0 saturated carbocycles. The van der Waals surface area contributed by atoms with Crippen LogP contribution in [0.5, 0.6) is 0 Å². The third kappa shape index (κ3) is 3.64. The Morgan fingerprint density at radius 3 is 2.10 bits per heavy atom. The SMILES string of the molecule is CNC(=O)c1ccc(Sc2ccccc2C(=O)NC)cc1. The molecule has 0 aromatic heterocycles. The number of hydrogen-bond donors (Lipinski definition) is 2. The zero-order valence-electron chi connectivity index (χ0n) is 11.8. The first-order valence-electron chi connectivity index (χ1n) is 6.47. The van der Waals surface area contributed by atoms with E-state index in [0.717, 1.165) is 9.79 Å². The van der Waals surface area contributed by atoms with Gasteiger partial charge < -0.3 is 10.6 Å². The molecule has 5 heteroatoms. The fourth-order valence-electron chi connectivity index (χ4n) is 1.82. The molecule has 2 rings (SSSR count). The van der Waals surface area contributed by atoms with E-state index in [2.05, 4.69) is 10.6 Å². The number of carbonyl (C=O) groups excluding carboxylic acids is 2. The van der Waals surface area contributed by atoms with E-state index in [1.807, 2.05) is 30.3 Å². The Morgan fingerprint density at radius 2 is 1.48 bits per heavy atom. The number of benzene rings is 2. The van der Waals surface area contributed by atoms with Gasteiger partial charge in [-0.15, -0.1) is 0 Å². The molecule has 0 aliphatic heterocycles. The molecule has 0 fully saturated rings. The van der Waals surface area contributed by atoms with E-state index in [9.17, 15) is 9.59 Å². The molecule has 0 aliphatic carbocycles. The summed E-state index contributed by atoms with van der Waals surface area (Å²) >= 11 is 1.49. The number of hydrogen-bond acceptors (Lipinski definition) is 3. The minimum absolute atomic E-state index is 0.111.